The summed E-state index contributed by atoms with van der Waals surface area (Å²) in [6.07, 6.45) is 2.89. The molecule has 1 N–H and O–H groups in total. The smallest absolute Gasteiger partial charge is 0.0899 e. The molecule has 1 aromatic carbocycles. The van der Waals surface area contributed by atoms with Crippen molar-refractivity contribution in [2.24, 2.45) is 11.8 Å². The Morgan fingerprint density at radius 1 is 1.19 bits per heavy atom. The van der Waals surface area contributed by atoms with Crippen molar-refractivity contribution >= 4 is 15.9 Å². The van der Waals surface area contributed by atoms with Crippen molar-refractivity contribution in [3.05, 3.63) is 34.3 Å². The van der Waals surface area contributed by atoms with Crippen LogP contribution in [0.4, 0.5) is 0 Å². The lowest BCUT2D eigenvalue weighted by atomic mass is 9.70. The predicted molar refractivity (Wildman–Crippen MR) is 70.2 cm³/mol. The number of hydrogen-bond acceptors (Lipinski definition) is 1. The minimum atomic E-state index is -0.605. The molecule has 0 amide bonds. The molecule has 1 saturated carbocycles. The molecule has 16 heavy (non-hydrogen) atoms. The monoisotopic (exact) mass is 282 g/mol. The van der Waals surface area contributed by atoms with Crippen LogP contribution in [0.5, 0.6) is 0 Å². The molecule has 0 spiro atoms. The number of benzene rings is 1. The Morgan fingerprint density at radius 2 is 1.81 bits per heavy atom. The average Bonchev–Trinajstić information content (AvgIpc) is 2.25. The fraction of sp³-hybridized carbons (Fsp3) is 0.571. The van der Waals surface area contributed by atoms with E-state index in [0.29, 0.717) is 5.92 Å². The van der Waals surface area contributed by atoms with E-state index >= 15 is 0 Å². The van der Waals surface area contributed by atoms with Crippen LogP contribution < -0.4 is 0 Å². The second-order valence-corrected chi connectivity index (χ2v) is 6.15. The van der Waals surface area contributed by atoms with Gasteiger partial charge >= 0.3 is 0 Å². The van der Waals surface area contributed by atoms with Crippen LogP contribution in [-0.2, 0) is 5.60 Å². The van der Waals surface area contributed by atoms with E-state index in [-0.39, 0.29) is 0 Å². The highest BCUT2D eigenvalue weighted by Crippen LogP contribution is 2.42. The van der Waals surface area contributed by atoms with E-state index in [1.807, 2.05) is 24.3 Å². The third kappa shape index (κ3) is 2.33. The molecule has 0 radical (unpaired) electrons. The quantitative estimate of drug-likeness (QED) is 0.823. The van der Waals surface area contributed by atoms with E-state index in [2.05, 4.69) is 29.8 Å². The maximum absolute atomic E-state index is 10.7. The predicted octanol–water partition coefficient (Wildman–Crippen LogP) is 4.09. The van der Waals surface area contributed by atoms with E-state index in [4.69, 9.17) is 0 Å². The normalized spacial score (nSPS) is 35.0. The molecule has 0 aromatic heterocycles. The van der Waals surface area contributed by atoms with Crippen LogP contribution in [0.25, 0.3) is 0 Å². The maximum Gasteiger partial charge on any atom is 0.0899 e. The van der Waals surface area contributed by atoms with Crippen molar-refractivity contribution in [1.82, 2.24) is 0 Å². The SMILES string of the molecule is C[C@@H]1CC[C@@](O)(c2ccc(Br)cc2)C[C@H]1C. The average molecular weight is 283 g/mol. The molecule has 88 valence electrons. The summed E-state index contributed by atoms with van der Waals surface area (Å²) in [5.74, 6) is 1.33. The molecular weight excluding hydrogens is 264 g/mol. The Morgan fingerprint density at radius 3 is 2.38 bits per heavy atom. The van der Waals surface area contributed by atoms with Gasteiger partial charge in [-0.25, -0.2) is 0 Å². The zero-order chi connectivity index (χ0) is 11.8. The molecular formula is C14H19BrO. The third-order valence-electron chi connectivity index (χ3n) is 4.03. The second-order valence-electron chi connectivity index (χ2n) is 5.24. The maximum atomic E-state index is 10.7. The molecule has 0 bridgehead atoms. The van der Waals surface area contributed by atoms with Gasteiger partial charge in [-0.1, -0.05) is 41.9 Å². The van der Waals surface area contributed by atoms with Crippen molar-refractivity contribution in [2.45, 2.75) is 38.7 Å². The summed E-state index contributed by atoms with van der Waals surface area (Å²) in [6.45, 7) is 4.53. The van der Waals surface area contributed by atoms with Gasteiger partial charge in [-0.3, -0.25) is 0 Å². The molecule has 0 saturated heterocycles. The first kappa shape index (κ1) is 12.1. The van der Waals surface area contributed by atoms with Crippen molar-refractivity contribution in [3.8, 4) is 0 Å². The molecule has 0 unspecified atom stereocenters. The summed E-state index contributed by atoms with van der Waals surface area (Å²) < 4.78 is 1.07. The van der Waals surface area contributed by atoms with Crippen LogP contribution in [0.1, 0.15) is 38.7 Å². The summed E-state index contributed by atoms with van der Waals surface area (Å²) in [5, 5.41) is 10.7. The first-order chi connectivity index (χ1) is 7.51. The molecule has 1 fully saturated rings. The first-order valence-electron chi connectivity index (χ1n) is 6.00. The molecule has 2 rings (SSSR count). The van der Waals surface area contributed by atoms with Gasteiger partial charge in [0.25, 0.3) is 0 Å². The van der Waals surface area contributed by atoms with Gasteiger partial charge in [0.1, 0.15) is 0 Å². The van der Waals surface area contributed by atoms with Crippen molar-refractivity contribution in [1.29, 1.82) is 0 Å². The molecule has 1 aromatic rings. The molecule has 2 heteroatoms. The van der Waals surface area contributed by atoms with E-state index in [0.717, 1.165) is 35.2 Å². The number of aliphatic hydroxyl groups is 1. The molecule has 1 nitrogen and oxygen atoms in total. The Kier molecular flexibility index (Phi) is 3.41. The minimum Gasteiger partial charge on any atom is -0.385 e. The van der Waals surface area contributed by atoms with Crippen LogP contribution in [0, 0.1) is 11.8 Å². The van der Waals surface area contributed by atoms with Gasteiger partial charge in [-0.15, -0.1) is 0 Å². The van der Waals surface area contributed by atoms with Gasteiger partial charge in [0, 0.05) is 4.47 Å². The minimum absolute atomic E-state index is 0.599. The lowest BCUT2D eigenvalue weighted by molar-refractivity contribution is -0.0336. The van der Waals surface area contributed by atoms with E-state index in [1.54, 1.807) is 0 Å². The Bertz CT molecular complexity index is 360. The number of halogens is 1. The lowest BCUT2D eigenvalue weighted by Gasteiger charge is -2.39. The highest BCUT2D eigenvalue weighted by molar-refractivity contribution is 9.10. The van der Waals surface area contributed by atoms with E-state index in [1.165, 1.54) is 0 Å². The van der Waals surface area contributed by atoms with Crippen LogP contribution >= 0.6 is 15.9 Å². The van der Waals surface area contributed by atoms with E-state index in [9.17, 15) is 5.11 Å². The number of hydrogen-bond donors (Lipinski definition) is 1. The van der Waals surface area contributed by atoms with Crippen molar-refractivity contribution < 1.29 is 5.11 Å². The standard InChI is InChI=1S/C14H19BrO/c1-10-7-8-14(16,9-11(10)2)12-3-5-13(15)6-4-12/h3-6,10-11,16H,7-9H2,1-2H3/t10-,11-,14+/m1/s1. The summed E-state index contributed by atoms with van der Waals surface area (Å²) in [5.41, 5.74) is 0.460. The van der Waals surface area contributed by atoms with Crippen LogP contribution in [0.2, 0.25) is 0 Å². The highest BCUT2D eigenvalue weighted by Gasteiger charge is 2.37. The molecule has 0 heterocycles. The van der Waals surface area contributed by atoms with Gasteiger partial charge in [0.05, 0.1) is 5.60 Å². The van der Waals surface area contributed by atoms with Gasteiger partial charge in [0.15, 0.2) is 0 Å². The highest BCUT2D eigenvalue weighted by atomic mass is 79.9. The summed E-state index contributed by atoms with van der Waals surface area (Å²) in [7, 11) is 0. The van der Waals surface area contributed by atoms with Gasteiger partial charge < -0.3 is 5.11 Å². The molecule has 0 aliphatic heterocycles. The fourth-order valence-corrected chi connectivity index (χ4v) is 2.87. The van der Waals surface area contributed by atoms with Gasteiger partial charge in [-0.05, 0) is 48.8 Å². The first-order valence-corrected chi connectivity index (χ1v) is 6.79. The Labute approximate surface area is 106 Å². The number of rotatable bonds is 1. The Balaban J connectivity index is 2.22. The molecule has 3 atom stereocenters. The molecule has 1 aliphatic carbocycles. The lowest BCUT2D eigenvalue weighted by Crippen LogP contribution is -2.35. The Hall–Kier alpha value is -0.340. The summed E-state index contributed by atoms with van der Waals surface area (Å²) >= 11 is 3.43. The summed E-state index contributed by atoms with van der Waals surface area (Å²) in [6, 6.07) is 8.09. The fourth-order valence-electron chi connectivity index (χ4n) is 2.61. The zero-order valence-electron chi connectivity index (χ0n) is 9.91. The van der Waals surface area contributed by atoms with Gasteiger partial charge in [0.2, 0.25) is 0 Å². The van der Waals surface area contributed by atoms with Crippen LogP contribution in [-0.4, -0.2) is 5.11 Å². The van der Waals surface area contributed by atoms with Crippen LogP contribution in [0.15, 0.2) is 28.7 Å². The van der Waals surface area contributed by atoms with Crippen molar-refractivity contribution in [3.63, 3.8) is 0 Å². The second kappa shape index (κ2) is 4.50. The topological polar surface area (TPSA) is 20.2 Å². The molecule has 1 aliphatic rings. The third-order valence-corrected chi connectivity index (χ3v) is 4.55. The van der Waals surface area contributed by atoms with Crippen molar-refractivity contribution in [2.75, 3.05) is 0 Å². The zero-order valence-corrected chi connectivity index (χ0v) is 11.5. The van der Waals surface area contributed by atoms with E-state index < -0.39 is 5.60 Å². The van der Waals surface area contributed by atoms with Gasteiger partial charge in [-0.2, -0.15) is 0 Å². The van der Waals surface area contributed by atoms with Crippen LogP contribution in [0.3, 0.4) is 0 Å². The largest absolute Gasteiger partial charge is 0.385 e. The summed E-state index contributed by atoms with van der Waals surface area (Å²) in [4.78, 5) is 0.